The molecule has 1 aromatic carbocycles. The van der Waals surface area contributed by atoms with E-state index in [9.17, 15) is 13.2 Å². The second-order valence-corrected chi connectivity index (χ2v) is 7.97. The first-order valence-electron chi connectivity index (χ1n) is 10.7. The van der Waals surface area contributed by atoms with E-state index in [0.717, 1.165) is 38.9 Å². The Morgan fingerprint density at radius 1 is 0.900 bits per heavy atom. The molecule has 0 spiro atoms. The van der Waals surface area contributed by atoms with E-state index in [1.54, 1.807) is 6.07 Å². The Morgan fingerprint density at radius 3 is 2.07 bits per heavy atom. The summed E-state index contributed by atoms with van der Waals surface area (Å²) in [6.45, 7) is 1.87. The number of hydrogen-bond acceptors (Lipinski definition) is 5. The number of hydrogen-bond donors (Lipinski definition) is 0. The van der Waals surface area contributed by atoms with Gasteiger partial charge in [0.15, 0.2) is 24.1 Å². The van der Waals surface area contributed by atoms with Crippen molar-refractivity contribution in [3.05, 3.63) is 29.6 Å². The van der Waals surface area contributed by atoms with E-state index in [2.05, 4.69) is 11.7 Å². The molecule has 5 nitrogen and oxygen atoms in total. The van der Waals surface area contributed by atoms with Crippen LogP contribution in [0.2, 0.25) is 0 Å². The third-order valence-electron chi connectivity index (χ3n) is 5.46. The van der Waals surface area contributed by atoms with Crippen LogP contribution < -0.4 is 4.74 Å². The maximum Gasteiger partial charge on any atom is 0.387 e. The Morgan fingerprint density at radius 2 is 1.50 bits per heavy atom. The van der Waals surface area contributed by atoms with E-state index in [1.807, 2.05) is 0 Å². The van der Waals surface area contributed by atoms with Crippen molar-refractivity contribution in [1.29, 1.82) is 0 Å². The zero-order chi connectivity index (χ0) is 21.3. The molecular weight excluding hydrogens is 401 g/mol. The molecule has 2 fully saturated rings. The van der Waals surface area contributed by atoms with Crippen LogP contribution in [0.5, 0.6) is 5.75 Å². The Hall–Kier alpha value is -1.35. The van der Waals surface area contributed by atoms with Crippen molar-refractivity contribution < 1.29 is 36.9 Å². The lowest BCUT2D eigenvalue weighted by atomic mass is 10.0. The van der Waals surface area contributed by atoms with Crippen molar-refractivity contribution in [1.82, 2.24) is 0 Å². The molecule has 2 heterocycles. The smallest absolute Gasteiger partial charge is 0.387 e. The molecule has 1 aromatic rings. The largest absolute Gasteiger partial charge is 0.432 e. The second-order valence-electron chi connectivity index (χ2n) is 7.97. The van der Waals surface area contributed by atoms with Crippen LogP contribution in [0.1, 0.15) is 44.6 Å². The number of alkyl halides is 2. The lowest BCUT2D eigenvalue weighted by Crippen LogP contribution is -2.35. The molecule has 0 amide bonds. The van der Waals surface area contributed by atoms with Crippen molar-refractivity contribution >= 4 is 0 Å². The van der Waals surface area contributed by atoms with Gasteiger partial charge in [0.05, 0.1) is 26.4 Å². The highest BCUT2D eigenvalue weighted by Crippen LogP contribution is 2.25. The van der Waals surface area contributed by atoms with Crippen LogP contribution in [-0.2, 0) is 25.4 Å². The summed E-state index contributed by atoms with van der Waals surface area (Å²) < 4.78 is 65.4. The Labute approximate surface area is 175 Å². The van der Waals surface area contributed by atoms with E-state index < -0.39 is 18.2 Å². The van der Waals surface area contributed by atoms with Crippen molar-refractivity contribution in [2.75, 3.05) is 26.4 Å². The number of aryl methyl sites for hydroxylation is 1. The van der Waals surface area contributed by atoms with Crippen LogP contribution >= 0.6 is 0 Å². The van der Waals surface area contributed by atoms with Gasteiger partial charge < -0.3 is 23.7 Å². The van der Waals surface area contributed by atoms with Crippen LogP contribution in [0.25, 0.3) is 0 Å². The van der Waals surface area contributed by atoms with E-state index >= 15 is 0 Å². The second kappa shape index (κ2) is 11.9. The number of ether oxygens (including phenoxy) is 5. The minimum absolute atomic E-state index is 0.136. The molecule has 0 aromatic heterocycles. The fourth-order valence-corrected chi connectivity index (χ4v) is 3.79. The lowest BCUT2D eigenvalue weighted by Gasteiger charge is -2.32. The summed E-state index contributed by atoms with van der Waals surface area (Å²) in [7, 11) is 0. The van der Waals surface area contributed by atoms with E-state index in [1.165, 1.54) is 12.1 Å². The van der Waals surface area contributed by atoms with Gasteiger partial charge in [-0.05, 0) is 43.4 Å². The molecule has 0 aliphatic carbocycles. The van der Waals surface area contributed by atoms with Crippen LogP contribution in [0.15, 0.2) is 18.2 Å². The Kier molecular flexibility index (Phi) is 9.24. The first-order chi connectivity index (χ1) is 14.5. The standard InChI is InChI=1S/C22H31F3O5/c1-2-3-16-11-26-21(27-12-16)9-6-17-13-28-20(29-14-17)8-5-15-4-7-19(18(23)10-15)30-22(24)25/h4,7,10,16-17,20-22H,2-3,5-6,8-9,11-14H2,1H3/t16-,17-,20-,21-. The van der Waals surface area contributed by atoms with Gasteiger partial charge in [0.25, 0.3) is 0 Å². The highest BCUT2D eigenvalue weighted by atomic mass is 19.3. The summed E-state index contributed by atoms with van der Waals surface area (Å²) in [6, 6.07) is 4.00. The maximum atomic E-state index is 13.8. The van der Waals surface area contributed by atoms with Crippen LogP contribution in [0.4, 0.5) is 13.2 Å². The van der Waals surface area contributed by atoms with Gasteiger partial charge in [0.2, 0.25) is 0 Å². The van der Waals surface area contributed by atoms with Crippen molar-refractivity contribution in [3.8, 4) is 5.75 Å². The topological polar surface area (TPSA) is 46.2 Å². The molecule has 0 atom stereocenters. The van der Waals surface area contributed by atoms with Gasteiger partial charge in [-0.1, -0.05) is 19.4 Å². The molecule has 170 valence electrons. The Balaban J connectivity index is 1.31. The van der Waals surface area contributed by atoms with Gasteiger partial charge in [-0.25, -0.2) is 4.39 Å². The molecule has 0 saturated carbocycles. The van der Waals surface area contributed by atoms with E-state index in [4.69, 9.17) is 18.9 Å². The zero-order valence-corrected chi connectivity index (χ0v) is 17.4. The van der Waals surface area contributed by atoms with Crippen LogP contribution in [0.3, 0.4) is 0 Å². The van der Waals surface area contributed by atoms with E-state index in [-0.39, 0.29) is 12.6 Å². The molecule has 2 aliphatic heterocycles. The predicted octanol–water partition coefficient (Wildman–Crippen LogP) is 4.92. The number of rotatable bonds is 10. The van der Waals surface area contributed by atoms with Gasteiger partial charge in [-0.3, -0.25) is 0 Å². The van der Waals surface area contributed by atoms with Crippen molar-refractivity contribution in [3.63, 3.8) is 0 Å². The fourth-order valence-electron chi connectivity index (χ4n) is 3.79. The number of halogens is 3. The van der Waals surface area contributed by atoms with Gasteiger partial charge >= 0.3 is 6.61 Å². The SMILES string of the molecule is CCC[C@H]1CO[C@H](CC[C@H]2CO[C@H](CCc3ccc(OC(F)F)c(F)c3)OC2)OC1. The summed E-state index contributed by atoms with van der Waals surface area (Å²) >= 11 is 0. The van der Waals surface area contributed by atoms with Gasteiger partial charge in [-0.15, -0.1) is 0 Å². The molecule has 3 rings (SSSR count). The summed E-state index contributed by atoms with van der Waals surface area (Å²) in [4.78, 5) is 0. The molecule has 0 unspecified atom stereocenters. The summed E-state index contributed by atoms with van der Waals surface area (Å²) in [5, 5.41) is 0. The highest BCUT2D eigenvalue weighted by Gasteiger charge is 2.26. The summed E-state index contributed by atoms with van der Waals surface area (Å²) in [6.07, 6.45) is 4.62. The monoisotopic (exact) mass is 432 g/mol. The Bertz CT molecular complexity index is 629. The highest BCUT2D eigenvalue weighted by molar-refractivity contribution is 5.29. The van der Waals surface area contributed by atoms with Crippen LogP contribution in [-0.4, -0.2) is 45.6 Å². The molecule has 2 aliphatic rings. The zero-order valence-electron chi connectivity index (χ0n) is 17.4. The molecule has 0 bridgehead atoms. The van der Waals surface area contributed by atoms with Gasteiger partial charge in [0.1, 0.15) is 0 Å². The maximum absolute atomic E-state index is 13.8. The van der Waals surface area contributed by atoms with Crippen LogP contribution in [0, 0.1) is 17.7 Å². The van der Waals surface area contributed by atoms with Crippen molar-refractivity contribution in [2.45, 2.75) is 64.6 Å². The fraction of sp³-hybridized carbons (Fsp3) is 0.727. The average molecular weight is 432 g/mol. The predicted molar refractivity (Wildman–Crippen MR) is 104 cm³/mol. The minimum Gasteiger partial charge on any atom is -0.432 e. The molecule has 2 saturated heterocycles. The van der Waals surface area contributed by atoms with Crippen molar-refractivity contribution in [2.24, 2.45) is 11.8 Å². The molecule has 0 N–H and O–H groups in total. The third kappa shape index (κ3) is 7.41. The first kappa shape index (κ1) is 23.3. The first-order valence-corrected chi connectivity index (χ1v) is 10.7. The molecule has 8 heteroatoms. The minimum atomic E-state index is -3.04. The van der Waals surface area contributed by atoms with E-state index in [0.29, 0.717) is 43.5 Å². The quantitative estimate of drug-likeness (QED) is 0.525. The summed E-state index contributed by atoms with van der Waals surface area (Å²) in [5.41, 5.74) is 0.677. The molecule has 30 heavy (non-hydrogen) atoms. The normalized spacial score (nSPS) is 27.4. The molecular formula is C22H31F3O5. The molecule has 0 radical (unpaired) electrons. The van der Waals surface area contributed by atoms with Gasteiger partial charge in [-0.2, -0.15) is 8.78 Å². The third-order valence-corrected chi connectivity index (χ3v) is 5.46. The summed E-state index contributed by atoms with van der Waals surface area (Å²) in [5.74, 6) is -0.444. The average Bonchev–Trinajstić information content (AvgIpc) is 2.74. The lowest BCUT2D eigenvalue weighted by molar-refractivity contribution is -0.219. The number of benzene rings is 1. The van der Waals surface area contributed by atoms with Gasteiger partial charge in [0, 0.05) is 18.3 Å².